The third-order valence-electron chi connectivity index (χ3n) is 9.50. The van der Waals surface area contributed by atoms with Crippen LogP contribution >= 0.6 is 0 Å². The molecule has 2 aromatic heterocycles. The van der Waals surface area contributed by atoms with Crippen LogP contribution in [0.3, 0.4) is 0 Å². The highest BCUT2D eigenvalue weighted by Gasteiger charge is 2.18. The van der Waals surface area contributed by atoms with Gasteiger partial charge < -0.3 is 4.42 Å². The first kappa shape index (κ1) is 27.5. The van der Waals surface area contributed by atoms with E-state index in [9.17, 15) is 0 Å². The van der Waals surface area contributed by atoms with Crippen LogP contribution in [0.1, 0.15) is 0 Å². The van der Waals surface area contributed by atoms with Crippen molar-refractivity contribution in [1.29, 1.82) is 0 Å². The lowest BCUT2D eigenvalue weighted by atomic mass is 9.95. The molecule has 10 rings (SSSR count). The lowest BCUT2D eigenvalue weighted by molar-refractivity contribution is 0.673. The maximum Gasteiger partial charge on any atom is 0.164 e. The van der Waals surface area contributed by atoms with Gasteiger partial charge >= 0.3 is 0 Å². The fourth-order valence-corrected chi connectivity index (χ4v) is 7.08. The summed E-state index contributed by atoms with van der Waals surface area (Å²) in [7, 11) is 0. The van der Waals surface area contributed by atoms with Crippen LogP contribution in [0, 0.1) is 0 Å². The minimum absolute atomic E-state index is 0.628. The van der Waals surface area contributed by atoms with Crippen molar-refractivity contribution in [2.45, 2.75) is 0 Å². The third kappa shape index (κ3) is 4.57. The second-order valence-electron chi connectivity index (χ2n) is 12.4. The van der Waals surface area contributed by atoms with E-state index in [0.29, 0.717) is 17.5 Å². The summed E-state index contributed by atoms with van der Waals surface area (Å²) in [4.78, 5) is 15.3. The number of fused-ring (bicyclic) bond motifs is 9. The summed E-state index contributed by atoms with van der Waals surface area (Å²) in [5.74, 6) is 1.90. The Kier molecular flexibility index (Phi) is 6.15. The van der Waals surface area contributed by atoms with E-state index in [1.54, 1.807) is 0 Å². The molecule has 0 amide bonds. The molecule has 49 heavy (non-hydrogen) atoms. The molecule has 228 valence electrons. The Hall–Kier alpha value is -6.65. The second kappa shape index (κ2) is 11.0. The Labute approximate surface area is 282 Å². The van der Waals surface area contributed by atoms with Crippen molar-refractivity contribution in [3.05, 3.63) is 164 Å². The molecule has 0 radical (unpaired) electrons. The van der Waals surface area contributed by atoms with Gasteiger partial charge in [0.05, 0.1) is 0 Å². The van der Waals surface area contributed by atoms with Gasteiger partial charge in [0.15, 0.2) is 17.5 Å². The van der Waals surface area contributed by atoms with Crippen molar-refractivity contribution >= 4 is 54.3 Å². The molecule has 0 unspecified atom stereocenters. The van der Waals surface area contributed by atoms with Crippen molar-refractivity contribution in [3.8, 4) is 45.3 Å². The lowest BCUT2D eigenvalue weighted by Gasteiger charge is -2.11. The van der Waals surface area contributed by atoms with Crippen molar-refractivity contribution in [1.82, 2.24) is 15.0 Å². The van der Waals surface area contributed by atoms with Crippen LogP contribution in [0.15, 0.2) is 168 Å². The number of para-hydroxylation sites is 1. The van der Waals surface area contributed by atoms with Crippen molar-refractivity contribution in [2.75, 3.05) is 0 Å². The molecule has 0 N–H and O–H groups in total. The van der Waals surface area contributed by atoms with Crippen LogP contribution in [0.25, 0.3) is 99.5 Å². The van der Waals surface area contributed by atoms with Gasteiger partial charge in [-0.25, -0.2) is 15.0 Å². The third-order valence-corrected chi connectivity index (χ3v) is 9.50. The number of furan rings is 1. The van der Waals surface area contributed by atoms with Crippen LogP contribution in [-0.4, -0.2) is 15.0 Å². The molecule has 0 fully saturated rings. The fraction of sp³-hybridized carbons (Fsp3) is 0. The van der Waals surface area contributed by atoms with Crippen LogP contribution in [0.2, 0.25) is 0 Å². The highest BCUT2D eigenvalue weighted by molar-refractivity contribution is 6.30. The maximum absolute atomic E-state index is 6.45. The fourth-order valence-electron chi connectivity index (χ4n) is 7.08. The normalized spacial score (nSPS) is 11.7. The lowest BCUT2D eigenvalue weighted by Crippen LogP contribution is -2.00. The smallest absolute Gasteiger partial charge is 0.164 e. The number of benzene rings is 8. The molecule has 0 aliphatic rings. The molecule has 4 heteroatoms. The molecule has 0 bridgehead atoms. The van der Waals surface area contributed by atoms with E-state index in [1.165, 1.54) is 10.9 Å². The largest absolute Gasteiger partial charge is 0.455 e. The molecule has 0 atom stereocenters. The predicted molar refractivity (Wildman–Crippen MR) is 201 cm³/mol. The highest BCUT2D eigenvalue weighted by atomic mass is 16.3. The zero-order valence-corrected chi connectivity index (χ0v) is 26.3. The molecule has 2 heterocycles. The van der Waals surface area contributed by atoms with Gasteiger partial charge in [0, 0.05) is 32.8 Å². The van der Waals surface area contributed by atoms with Gasteiger partial charge in [0.25, 0.3) is 0 Å². The summed E-state index contributed by atoms with van der Waals surface area (Å²) in [5, 5.41) is 9.05. The number of rotatable bonds is 4. The molecule has 0 saturated carbocycles. The summed E-state index contributed by atoms with van der Waals surface area (Å²) >= 11 is 0. The summed E-state index contributed by atoms with van der Waals surface area (Å²) in [6, 6.07) is 56.9. The first-order chi connectivity index (χ1) is 24.3. The summed E-state index contributed by atoms with van der Waals surface area (Å²) in [5.41, 5.74) is 6.93. The van der Waals surface area contributed by atoms with E-state index in [-0.39, 0.29) is 0 Å². The number of hydrogen-bond donors (Lipinski definition) is 0. The van der Waals surface area contributed by atoms with Gasteiger partial charge in [-0.3, -0.25) is 0 Å². The Balaban J connectivity index is 1.19. The quantitative estimate of drug-likeness (QED) is 0.183. The van der Waals surface area contributed by atoms with Crippen molar-refractivity contribution in [3.63, 3.8) is 0 Å². The Bertz CT molecular complexity index is 2870. The maximum atomic E-state index is 6.45. The van der Waals surface area contributed by atoms with Crippen LogP contribution in [0.5, 0.6) is 0 Å². The number of aromatic nitrogens is 3. The second-order valence-corrected chi connectivity index (χ2v) is 12.4. The number of nitrogens with zero attached hydrogens (tertiary/aromatic N) is 3. The Morgan fingerprint density at radius 2 is 0.878 bits per heavy atom. The van der Waals surface area contributed by atoms with Crippen LogP contribution in [-0.2, 0) is 0 Å². The molecule has 10 aromatic rings. The van der Waals surface area contributed by atoms with Crippen molar-refractivity contribution in [2.24, 2.45) is 0 Å². The summed E-state index contributed by atoms with van der Waals surface area (Å²) in [6.07, 6.45) is 0. The van der Waals surface area contributed by atoms with Gasteiger partial charge in [-0.05, 0) is 56.3 Å². The van der Waals surface area contributed by atoms with E-state index in [2.05, 4.69) is 146 Å². The average molecular weight is 626 g/mol. The van der Waals surface area contributed by atoms with Gasteiger partial charge in [0.1, 0.15) is 11.2 Å². The van der Waals surface area contributed by atoms with Crippen molar-refractivity contribution < 1.29 is 4.42 Å². The average Bonchev–Trinajstić information content (AvgIpc) is 3.58. The van der Waals surface area contributed by atoms with E-state index in [0.717, 1.165) is 71.1 Å². The molecule has 0 saturated heterocycles. The Morgan fingerprint density at radius 3 is 1.67 bits per heavy atom. The van der Waals surface area contributed by atoms with Gasteiger partial charge in [-0.1, -0.05) is 146 Å². The van der Waals surface area contributed by atoms with E-state index in [4.69, 9.17) is 19.4 Å². The van der Waals surface area contributed by atoms with Gasteiger partial charge in [-0.2, -0.15) is 0 Å². The predicted octanol–water partition coefficient (Wildman–Crippen LogP) is 11.9. The first-order valence-electron chi connectivity index (χ1n) is 16.4. The molecule has 8 aromatic carbocycles. The van der Waals surface area contributed by atoms with Crippen LogP contribution < -0.4 is 0 Å². The SMILES string of the molecule is c1ccc(-c2ccc(-c3nc(-c4ccc5ccccc5c4)nc(-c4ccc5c(c4)c4ccccc4c4oc6ccccc6c54)n3)cc2)cc1. The van der Waals surface area contributed by atoms with E-state index >= 15 is 0 Å². The minimum Gasteiger partial charge on any atom is -0.455 e. The topological polar surface area (TPSA) is 51.8 Å². The molecule has 4 nitrogen and oxygen atoms in total. The van der Waals surface area contributed by atoms with E-state index in [1.807, 2.05) is 18.2 Å². The first-order valence-corrected chi connectivity index (χ1v) is 16.4. The van der Waals surface area contributed by atoms with Crippen LogP contribution in [0.4, 0.5) is 0 Å². The zero-order chi connectivity index (χ0) is 32.3. The summed E-state index contributed by atoms with van der Waals surface area (Å²) < 4.78 is 6.45. The van der Waals surface area contributed by atoms with E-state index < -0.39 is 0 Å². The summed E-state index contributed by atoms with van der Waals surface area (Å²) in [6.45, 7) is 0. The van der Waals surface area contributed by atoms with Gasteiger partial charge in [0.2, 0.25) is 0 Å². The monoisotopic (exact) mass is 625 g/mol. The standard InChI is InChI=1S/C45H27N3O/c1-2-10-28(11-3-1)30-18-21-31(22-19-30)43-46-44(33-23-20-29-12-4-5-13-32(29)26-33)48-45(47-43)34-24-25-36-39(27-34)35-14-6-7-15-37(35)42-41(36)38-16-8-9-17-40(38)49-42/h1-27H. The molecule has 0 aliphatic heterocycles. The minimum atomic E-state index is 0.628. The molecule has 0 aliphatic carbocycles. The zero-order valence-electron chi connectivity index (χ0n) is 26.3. The molecule has 0 spiro atoms. The number of hydrogen-bond acceptors (Lipinski definition) is 4. The highest BCUT2D eigenvalue weighted by Crippen LogP contribution is 2.42. The van der Waals surface area contributed by atoms with Gasteiger partial charge in [-0.15, -0.1) is 0 Å². The Morgan fingerprint density at radius 1 is 0.327 bits per heavy atom. The molecular formula is C45H27N3O. The molecular weight excluding hydrogens is 599 g/mol.